The Labute approximate surface area is 103 Å². The number of likely N-dealkylation sites (tertiary alicyclic amines) is 1. The number of hydrogen-bond donors (Lipinski definition) is 2. The number of rotatable bonds is 3. The lowest BCUT2D eigenvalue weighted by molar-refractivity contribution is -0.147. The van der Waals surface area contributed by atoms with Gasteiger partial charge in [0.25, 0.3) is 0 Å². The van der Waals surface area contributed by atoms with E-state index < -0.39 is 11.5 Å². The number of piperidine rings is 2. The van der Waals surface area contributed by atoms with Crippen molar-refractivity contribution < 1.29 is 9.90 Å². The monoisotopic (exact) mass is 240 g/mol. The fourth-order valence-corrected chi connectivity index (χ4v) is 3.17. The highest BCUT2D eigenvalue weighted by Crippen LogP contribution is 2.31. The summed E-state index contributed by atoms with van der Waals surface area (Å²) < 4.78 is 0. The van der Waals surface area contributed by atoms with E-state index in [1.54, 1.807) is 0 Å². The number of hydrogen-bond acceptors (Lipinski definition) is 3. The molecular formula is C13H24N2O2. The quantitative estimate of drug-likeness (QED) is 0.781. The average molecular weight is 240 g/mol. The smallest absolute Gasteiger partial charge is 0.323 e. The third-order valence-corrected chi connectivity index (χ3v) is 4.38. The van der Waals surface area contributed by atoms with Crippen molar-refractivity contribution >= 4 is 5.97 Å². The fraction of sp³-hybridized carbons (Fsp3) is 0.923. The molecular weight excluding hydrogens is 216 g/mol. The lowest BCUT2D eigenvalue weighted by Gasteiger charge is -2.39. The predicted molar refractivity (Wildman–Crippen MR) is 67.1 cm³/mol. The number of carboxylic acid groups (broad SMARTS) is 1. The summed E-state index contributed by atoms with van der Waals surface area (Å²) in [4.78, 5) is 13.9. The van der Waals surface area contributed by atoms with Crippen LogP contribution < -0.4 is 5.32 Å². The van der Waals surface area contributed by atoms with Crippen molar-refractivity contribution in [1.82, 2.24) is 10.2 Å². The Morgan fingerprint density at radius 2 is 2.12 bits per heavy atom. The zero-order valence-corrected chi connectivity index (χ0v) is 10.7. The van der Waals surface area contributed by atoms with E-state index in [2.05, 4.69) is 17.3 Å². The van der Waals surface area contributed by atoms with Gasteiger partial charge < -0.3 is 15.3 Å². The van der Waals surface area contributed by atoms with Gasteiger partial charge in [-0.25, -0.2) is 0 Å². The van der Waals surface area contributed by atoms with Gasteiger partial charge in [0.2, 0.25) is 0 Å². The molecule has 2 saturated heterocycles. The summed E-state index contributed by atoms with van der Waals surface area (Å²) in [6.45, 7) is 3.08. The first-order valence-corrected chi connectivity index (χ1v) is 6.79. The Balaban J connectivity index is 1.95. The molecule has 0 aromatic carbocycles. The van der Waals surface area contributed by atoms with Crippen LogP contribution in [0.2, 0.25) is 0 Å². The van der Waals surface area contributed by atoms with Crippen LogP contribution in [0.25, 0.3) is 0 Å². The van der Waals surface area contributed by atoms with Gasteiger partial charge in [0.1, 0.15) is 5.54 Å². The van der Waals surface area contributed by atoms with Gasteiger partial charge in [-0.3, -0.25) is 4.79 Å². The maximum atomic E-state index is 11.5. The summed E-state index contributed by atoms with van der Waals surface area (Å²) in [5.74, 6) is -0.0657. The first-order chi connectivity index (χ1) is 8.12. The predicted octanol–water partition coefficient (Wildman–Crippen LogP) is 1.32. The van der Waals surface area contributed by atoms with Crippen LogP contribution in [-0.4, -0.2) is 48.2 Å². The standard InChI is InChI=1S/C13H24N2O2/c1-15-8-4-11(5-9-15)10-13(12(16)17)6-2-3-7-14-13/h11,14H,2-10H2,1H3,(H,16,17). The molecule has 0 saturated carbocycles. The maximum Gasteiger partial charge on any atom is 0.323 e. The number of carboxylic acids is 1. The molecule has 0 aromatic heterocycles. The van der Waals surface area contributed by atoms with Crippen molar-refractivity contribution in [3.05, 3.63) is 0 Å². The van der Waals surface area contributed by atoms with Gasteiger partial charge in [0, 0.05) is 0 Å². The molecule has 2 aliphatic rings. The summed E-state index contributed by atoms with van der Waals surface area (Å²) in [5, 5.41) is 12.8. The summed E-state index contributed by atoms with van der Waals surface area (Å²) >= 11 is 0. The van der Waals surface area contributed by atoms with E-state index in [4.69, 9.17) is 0 Å². The second kappa shape index (κ2) is 5.36. The molecule has 98 valence electrons. The van der Waals surface area contributed by atoms with Gasteiger partial charge in [0.05, 0.1) is 0 Å². The summed E-state index contributed by atoms with van der Waals surface area (Å²) in [5.41, 5.74) is -0.626. The minimum Gasteiger partial charge on any atom is -0.480 e. The van der Waals surface area contributed by atoms with Crippen LogP contribution in [0.4, 0.5) is 0 Å². The second-order valence-corrected chi connectivity index (χ2v) is 5.72. The van der Waals surface area contributed by atoms with Crippen LogP contribution >= 0.6 is 0 Å². The van der Waals surface area contributed by atoms with E-state index in [9.17, 15) is 9.90 Å². The van der Waals surface area contributed by atoms with E-state index in [0.29, 0.717) is 5.92 Å². The molecule has 2 rings (SSSR count). The third-order valence-electron chi connectivity index (χ3n) is 4.38. The van der Waals surface area contributed by atoms with Crippen molar-refractivity contribution in [3.63, 3.8) is 0 Å². The molecule has 1 atom stereocenters. The molecule has 0 aliphatic carbocycles. The van der Waals surface area contributed by atoms with Crippen LogP contribution in [0.1, 0.15) is 38.5 Å². The van der Waals surface area contributed by atoms with Crippen LogP contribution in [0, 0.1) is 5.92 Å². The number of carbonyl (C=O) groups is 1. The Hall–Kier alpha value is -0.610. The molecule has 1 unspecified atom stereocenters. The molecule has 4 heteroatoms. The molecule has 0 amide bonds. The normalized spacial score (nSPS) is 32.5. The minimum absolute atomic E-state index is 0.577. The minimum atomic E-state index is -0.642. The van der Waals surface area contributed by atoms with Crippen molar-refractivity contribution in [2.45, 2.75) is 44.1 Å². The third kappa shape index (κ3) is 2.99. The van der Waals surface area contributed by atoms with Crippen molar-refractivity contribution in [1.29, 1.82) is 0 Å². The Kier molecular flexibility index (Phi) is 4.05. The number of nitrogens with one attached hydrogen (secondary N) is 1. The maximum absolute atomic E-state index is 11.5. The van der Waals surface area contributed by atoms with E-state index in [-0.39, 0.29) is 0 Å². The van der Waals surface area contributed by atoms with Gasteiger partial charge in [0.15, 0.2) is 0 Å². The average Bonchev–Trinajstić information content (AvgIpc) is 2.33. The highest BCUT2D eigenvalue weighted by atomic mass is 16.4. The zero-order valence-electron chi connectivity index (χ0n) is 10.7. The van der Waals surface area contributed by atoms with Crippen molar-refractivity contribution in [2.24, 2.45) is 5.92 Å². The van der Waals surface area contributed by atoms with E-state index in [1.807, 2.05) is 0 Å². The summed E-state index contributed by atoms with van der Waals surface area (Å²) in [6.07, 6.45) is 6.07. The summed E-state index contributed by atoms with van der Waals surface area (Å²) in [6, 6.07) is 0. The fourth-order valence-electron chi connectivity index (χ4n) is 3.17. The molecule has 0 radical (unpaired) electrons. The lowest BCUT2D eigenvalue weighted by Crippen LogP contribution is -2.56. The van der Waals surface area contributed by atoms with Gasteiger partial charge in [-0.1, -0.05) is 0 Å². The lowest BCUT2D eigenvalue weighted by atomic mass is 9.78. The van der Waals surface area contributed by atoms with Gasteiger partial charge in [-0.05, 0) is 71.1 Å². The first kappa shape index (κ1) is 12.8. The molecule has 2 heterocycles. The highest BCUT2D eigenvalue weighted by Gasteiger charge is 2.41. The largest absolute Gasteiger partial charge is 0.480 e. The van der Waals surface area contributed by atoms with Gasteiger partial charge in [-0.15, -0.1) is 0 Å². The van der Waals surface area contributed by atoms with E-state index in [1.165, 1.54) is 0 Å². The van der Waals surface area contributed by atoms with Crippen molar-refractivity contribution in [2.75, 3.05) is 26.7 Å². The highest BCUT2D eigenvalue weighted by molar-refractivity contribution is 5.79. The Morgan fingerprint density at radius 3 is 2.65 bits per heavy atom. The molecule has 0 bridgehead atoms. The zero-order chi connectivity index (χ0) is 12.3. The molecule has 4 nitrogen and oxygen atoms in total. The molecule has 17 heavy (non-hydrogen) atoms. The van der Waals surface area contributed by atoms with Crippen LogP contribution in [-0.2, 0) is 4.79 Å². The van der Waals surface area contributed by atoms with Crippen molar-refractivity contribution in [3.8, 4) is 0 Å². The van der Waals surface area contributed by atoms with Crippen LogP contribution in [0.5, 0.6) is 0 Å². The topological polar surface area (TPSA) is 52.6 Å². The molecule has 0 aromatic rings. The molecule has 2 fully saturated rings. The number of aliphatic carboxylic acids is 1. The van der Waals surface area contributed by atoms with Crippen LogP contribution in [0.3, 0.4) is 0 Å². The molecule has 0 spiro atoms. The van der Waals surface area contributed by atoms with Crippen LogP contribution in [0.15, 0.2) is 0 Å². The SMILES string of the molecule is CN1CCC(CC2(C(=O)O)CCCCN2)CC1. The van der Waals surface area contributed by atoms with E-state index in [0.717, 1.165) is 58.2 Å². The summed E-state index contributed by atoms with van der Waals surface area (Å²) in [7, 11) is 2.14. The Bertz CT molecular complexity index is 267. The Morgan fingerprint density at radius 1 is 1.41 bits per heavy atom. The second-order valence-electron chi connectivity index (χ2n) is 5.72. The number of nitrogens with zero attached hydrogens (tertiary/aromatic N) is 1. The molecule has 2 aliphatic heterocycles. The van der Waals surface area contributed by atoms with Gasteiger partial charge in [-0.2, -0.15) is 0 Å². The van der Waals surface area contributed by atoms with Gasteiger partial charge >= 0.3 is 5.97 Å². The van der Waals surface area contributed by atoms with E-state index >= 15 is 0 Å². The molecule has 2 N–H and O–H groups in total. The first-order valence-electron chi connectivity index (χ1n) is 6.79.